The summed E-state index contributed by atoms with van der Waals surface area (Å²) in [6.07, 6.45) is 19.2. The van der Waals surface area contributed by atoms with Crippen molar-refractivity contribution in [3.8, 4) is 21.1 Å². The Balaban J connectivity index is 0.000000127. The van der Waals surface area contributed by atoms with Crippen molar-refractivity contribution in [1.82, 2.24) is 27.9 Å². The number of halogens is 1. The van der Waals surface area contributed by atoms with Crippen LogP contribution >= 0.6 is 38.6 Å². The number of hydrogen-bond donors (Lipinski definition) is 0. The van der Waals surface area contributed by atoms with Crippen molar-refractivity contribution in [3.63, 3.8) is 0 Å². The molecule has 3 aliphatic heterocycles. The molecule has 0 unspecified atom stereocenters. The molecule has 2 aromatic carbocycles. The Morgan fingerprint density at radius 2 is 1.08 bits per heavy atom. The van der Waals surface area contributed by atoms with Crippen LogP contribution in [0, 0.1) is 0 Å². The fourth-order valence-corrected chi connectivity index (χ4v) is 14.1. The van der Waals surface area contributed by atoms with Crippen LogP contribution in [-0.2, 0) is 48.3 Å². The molecule has 6 aromatic heterocycles. The Labute approximate surface area is 458 Å². The van der Waals surface area contributed by atoms with Gasteiger partial charge >= 0.3 is 7.12 Å². The van der Waals surface area contributed by atoms with Crippen molar-refractivity contribution < 1.29 is 45.1 Å². The molecule has 8 aromatic rings. The summed E-state index contributed by atoms with van der Waals surface area (Å²) >= 11 is 6.32. The number of allylic oxidation sites excluding steroid dienone is 2. The van der Waals surface area contributed by atoms with Gasteiger partial charge in [0.15, 0.2) is 22.9 Å². The predicted octanol–water partition coefficient (Wildman–Crippen LogP) is 11.3. The number of benzene rings is 2. The highest BCUT2D eigenvalue weighted by Crippen LogP contribution is 2.44. The minimum Gasteiger partial charge on any atom is -0.400 e. The molecule has 2 aliphatic carbocycles. The summed E-state index contributed by atoms with van der Waals surface area (Å²) in [5.74, 6) is -0.854. The maximum atomic E-state index is 13.4. The van der Waals surface area contributed by atoms with Crippen LogP contribution in [0.3, 0.4) is 0 Å². The van der Waals surface area contributed by atoms with Gasteiger partial charge in [0.05, 0.1) is 47.4 Å². The monoisotopic (exact) mass is 1160 g/mol. The van der Waals surface area contributed by atoms with Crippen LogP contribution in [0.25, 0.3) is 48.8 Å². The van der Waals surface area contributed by atoms with E-state index in [-0.39, 0.29) is 33.9 Å². The molecule has 3 fully saturated rings. The van der Waals surface area contributed by atoms with E-state index in [1.807, 2.05) is 22.9 Å². The standard InChI is InChI=1S/C24H21N3O4S2.C16H10BrN3O2S2.C14H23BO4/c28-33(29,19-4-2-1-3-5-19)27-16-21(23-25-10-13-32-23)20-14-18(15-26-22(20)27)17-6-8-24(9-7-17)30-11-12-31-24;17-11-8-13-14(16-18-6-7-23-16)10-20(15(13)19-9-11)24(21,22)12-4-2-1-3-5-12;1-12(2)13(3,4)19-15(18-12)11-5-7-14(8-6-11)16-9-10-17-14/h1-6,10,13-16H,7-9,11-12H2;1-10H;5H,6-10H2,1-4H3. The fourth-order valence-electron chi connectivity index (χ4n) is 9.76. The lowest BCUT2D eigenvalue weighted by Gasteiger charge is -2.32. The molecular weight excluding hydrogens is 1110 g/mol. The average Bonchev–Trinajstić information content (AvgIpc) is 4.32. The molecule has 3 saturated heterocycles. The van der Waals surface area contributed by atoms with E-state index in [4.69, 9.17) is 28.3 Å². The van der Waals surface area contributed by atoms with Crippen molar-refractivity contribution in [3.05, 3.63) is 148 Å². The van der Waals surface area contributed by atoms with Crippen LogP contribution in [0.1, 0.15) is 71.8 Å². The predicted molar refractivity (Wildman–Crippen MR) is 297 cm³/mol. The Morgan fingerprint density at radius 1 is 0.605 bits per heavy atom. The number of fused-ring (bicyclic) bond motifs is 2. The molecule has 0 atom stereocenters. The number of thiazole rings is 2. The van der Waals surface area contributed by atoms with E-state index in [1.54, 1.807) is 97.8 Å². The molecule has 394 valence electrons. The lowest BCUT2D eigenvalue weighted by Crippen LogP contribution is -2.41. The first kappa shape index (κ1) is 52.8. The number of nitrogens with zero attached hydrogens (tertiary/aromatic N) is 6. The van der Waals surface area contributed by atoms with Gasteiger partial charge in [0.1, 0.15) is 10.0 Å². The second-order valence-corrected chi connectivity index (χ2v) is 26.2. The molecule has 76 heavy (non-hydrogen) atoms. The first-order valence-corrected chi connectivity index (χ1v) is 30.3. The Hall–Kier alpha value is -5.24. The van der Waals surface area contributed by atoms with Gasteiger partial charge in [-0.2, -0.15) is 0 Å². The number of pyridine rings is 2. The maximum Gasteiger partial charge on any atom is 0.490 e. The minimum absolute atomic E-state index is 0.218. The van der Waals surface area contributed by atoms with Gasteiger partial charge in [0, 0.05) is 100.0 Å². The zero-order valence-corrected chi connectivity index (χ0v) is 47.0. The molecule has 22 heteroatoms. The zero-order chi connectivity index (χ0) is 52.9. The van der Waals surface area contributed by atoms with Gasteiger partial charge in [0.2, 0.25) is 0 Å². The third-order valence-electron chi connectivity index (χ3n) is 14.6. The molecule has 13 rings (SSSR count). The molecule has 0 N–H and O–H groups in total. The van der Waals surface area contributed by atoms with Crippen LogP contribution in [0.5, 0.6) is 0 Å². The van der Waals surface area contributed by atoms with Crippen molar-refractivity contribution in [1.29, 1.82) is 0 Å². The maximum absolute atomic E-state index is 13.4. The lowest BCUT2D eigenvalue weighted by atomic mass is 9.71. The van der Waals surface area contributed by atoms with Crippen LogP contribution in [-0.4, -0.2) is 101 Å². The van der Waals surface area contributed by atoms with E-state index in [0.29, 0.717) is 44.1 Å². The van der Waals surface area contributed by atoms with Crippen molar-refractivity contribution in [2.24, 2.45) is 0 Å². The highest BCUT2D eigenvalue weighted by atomic mass is 79.9. The van der Waals surface area contributed by atoms with E-state index >= 15 is 0 Å². The van der Waals surface area contributed by atoms with Crippen LogP contribution < -0.4 is 0 Å². The Morgan fingerprint density at radius 3 is 1.53 bits per heavy atom. The lowest BCUT2D eigenvalue weighted by molar-refractivity contribution is -0.161. The second kappa shape index (κ2) is 20.9. The van der Waals surface area contributed by atoms with E-state index in [2.05, 4.69) is 75.7 Å². The topological polar surface area (TPSA) is 185 Å². The van der Waals surface area contributed by atoms with Crippen LogP contribution in [0.4, 0.5) is 0 Å². The summed E-state index contributed by atoms with van der Waals surface area (Å²) < 4.78 is 91.4. The molecular formula is C54H54BBrN6O10S4. The number of aromatic nitrogens is 6. The highest BCUT2D eigenvalue weighted by molar-refractivity contribution is 9.10. The highest BCUT2D eigenvalue weighted by Gasteiger charge is 2.53. The quantitative estimate of drug-likeness (QED) is 0.131. The molecule has 2 spiro atoms. The molecule has 5 aliphatic rings. The Kier molecular flexibility index (Phi) is 14.5. The van der Waals surface area contributed by atoms with Gasteiger partial charge in [-0.3, -0.25) is 0 Å². The van der Waals surface area contributed by atoms with E-state index < -0.39 is 25.8 Å². The fraction of sp³-hybridized carbons (Fsp3) is 0.333. The summed E-state index contributed by atoms with van der Waals surface area (Å²) in [6, 6.07) is 20.6. The summed E-state index contributed by atoms with van der Waals surface area (Å²) in [5, 5.41) is 6.74. The van der Waals surface area contributed by atoms with Gasteiger partial charge in [-0.05, 0) is 109 Å². The van der Waals surface area contributed by atoms with E-state index in [0.717, 1.165) is 79.6 Å². The van der Waals surface area contributed by atoms with Crippen molar-refractivity contribution in [2.75, 3.05) is 26.4 Å². The van der Waals surface area contributed by atoms with Gasteiger partial charge < -0.3 is 28.3 Å². The van der Waals surface area contributed by atoms with Crippen LogP contribution in [0.15, 0.2) is 153 Å². The first-order chi connectivity index (χ1) is 36.5. The third kappa shape index (κ3) is 10.2. The smallest absolute Gasteiger partial charge is 0.400 e. The molecule has 16 nitrogen and oxygen atoms in total. The molecule has 0 radical (unpaired) electrons. The zero-order valence-electron chi connectivity index (χ0n) is 42.1. The van der Waals surface area contributed by atoms with Gasteiger partial charge in [0.25, 0.3) is 20.0 Å². The molecule has 9 heterocycles. The van der Waals surface area contributed by atoms with Crippen molar-refractivity contribution in [2.45, 2.75) is 98.8 Å². The summed E-state index contributed by atoms with van der Waals surface area (Å²) in [4.78, 5) is 18.1. The molecule has 0 amide bonds. The summed E-state index contributed by atoms with van der Waals surface area (Å²) in [7, 11) is -7.76. The SMILES string of the molecule is CC1(C)OB(C2=CCC3(CC2)OCCO3)OC1(C)C.O=S(=O)(c1ccccc1)n1cc(-c2nccs2)c2cc(Br)cnc21.O=S(=O)(c1ccccc1)n1cc(-c2nccs2)c2cc(C3=CCC4(CC3)OCCO4)cnc21. The second-order valence-electron chi connectivity index (χ2n) is 19.8. The van der Waals surface area contributed by atoms with E-state index in [9.17, 15) is 16.8 Å². The van der Waals surface area contributed by atoms with E-state index in [1.165, 1.54) is 36.1 Å². The normalized spacial score (nSPS) is 19.6. The average molecular weight is 1170 g/mol. The number of rotatable bonds is 8. The van der Waals surface area contributed by atoms with Gasteiger partial charge in [-0.1, -0.05) is 48.6 Å². The number of ether oxygens (including phenoxy) is 4. The van der Waals surface area contributed by atoms with Crippen LogP contribution in [0.2, 0.25) is 0 Å². The Bertz CT molecular complexity index is 3670. The third-order valence-corrected chi connectivity index (χ3v) is 19.9. The summed E-state index contributed by atoms with van der Waals surface area (Å²) in [6.45, 7) is 11.0. The van der Waals surface area contributed by atoms with Gasteiger partial charge in [-0.15, -0.1) is 22.7 Å². The van der Waals surface area contributed by atoms with Crippen molar-refractivity contribution >= 4 is 93.4 Å². The minimum atomic E-state index is -3.81. The molecule has 0 saturated carbocycles. The molecule has 0 bridgehead atoms. The number of hydrogen-bond acceptors (Lipinski definition) is 16. The first-order valence-electron chi connectivity index (χ1n) is 24.9. The largest absolute Gasteiger partial charge is 0.490 e. The van der Waals surface area contributed by atoms with Gasteiger partial charge in [-0.25, -0.2) is 44.7 Å². The summed E-state index contributed by atoms with van der Waals surface area (Å²) in [5.41, 5.74) is 5.10.